The van der Waals surface area contributed by atoms with Gasteiger partial charge in [-0.25, -0.2) is 0 Å². The fourth-order valence-electron chi connectivity index (χ4n) is 2.69. The Morgan fingerprint density at radius 1 is 1.18 bits per heavy atom. The Morgan fingerprint density at radius 2 is 1.94 bits per heavy atom. The van der Waals surface area contributed by atoms with Gasteiger partial charge >= 0.3 is 0 Å². The number of nitrogens with two attached hydrogens (primary N) is 1. The molecule has 0 aromatic carbocycles. The predicted molar refractivity (Wildman–Crippen MR) is 75.9 cm³/mol. The summed E-state index contributed by atoms with van der Waals surface area (Å²) in [5.74, 6) is 0.806. The predicted octanol–water partition coefficient (Wildman–Crippen LogP) is 3.58. The topological polar surface area (TPSA) is 38.0 Å². The normalized spacial score (nSPS) is 17.1. The van der Waals surface area contributed by atoms with Crippen LogP contribution in [0.25, 0.3) is 0 Å². The summed E-state index contributed by atoms with van der Waals surface area (Å²) >= 11 is 0. The third-order valence-electron chi connectivity index (χ3n) is 3.97. The first kappa shape index (κ1) is 14.7. The van der Waals surface area contributed by atoms with Gasteiger partial charge in [0.1, 0.15) is 0 Å². The van der Waals surface area contributed by atoms with Gasteiger partial charge in [-0.15, -0.1) is 0 Å². The third-order valence-corrected chi connectivity index (χ3v) is 3.97. The lowest BCUT2D eigenvalue weighted by atomic mass is 9.79. The van der Waals surface area contributed by atoms with Gasteiger partial charge in [-0.3, -0.25) is 0 Å². The second kappa shape index (κ2) is 8.71. The summed E-state index contributed by atoms with van der Waals surface area (Å²) in [5, 5.41) is 3.24. The molecule has 0 fully saturated rings. The molecular weight excluding hydrogens is 208 g/mol. The van der Waals surface area contributed by atoms with Crippen LogP contribution in [-0.4, -0.2) is 13.2 Å². The zero-order valence-electron chi connectivity index (χ0n) is 11.7. The van der Waals surface area contributed by atoms with E-state index in [1.54, 1.807) is 11.1 Å². The van der Waals surface area contributed by atoms with E-state index in [-0.39, 0.29) is 0 Å². The van der Waals surface area contributed by atoms with E-state index in [4.69, 9.17) is 5.73 Å². The second-order valence-electron chi connectivity index (χ2n) is 5.36. The van der Waals surface area contributed by atoms with Crippen molar-refractivity contribution in [3.63, 3.8) is 0 Å². The van der Waals surface area contributed by atoms with Crippen LogP contribution in [-0.2, 0) is 0 Å². The molecule has 0 spiro atoms. The van der Waals surface area contributed by atoms with E-state index in [9.17, 15) is 0 Å². The van der Waals surface area contributed by atoms with Gasteiger partial charge in [0.2, 0.25) is 0 Å². The molecule has 0 bridgehead atoms. The van der Waals surface area contributed by atoms with Crippen molar-refractivity contribution < 1.29 is 0 Å². The standard InChI is InChI=1S/C15H30N2/c1-3-4-5-6-7-8-13(2)15-10-9-14(15)11-17-12-16/h13,17H,3-12,16H2,1-2H3. The summed E-state index contributed by atoms with van der Waals surface area (Å²) in [4.78, 5) is 0. The Hall–Kier alpha value is -0.340. The molecule has 100 valence electrons. The maximum atomic E-state index is 5.47. The molecular formula is C15H30N2. The molecule has 0 saturated heterocycles. The Labute approximate surface area is 107 Å². The van der Waals surface area contributed by atoms with Gasteiger partial charge in [-0.1, -0.05) is 57.1 Å². The van der Waals surface area contributed by atoms with E-state index >= 15 is 0 Å². The number of hydrogen-bond acceptors (Lipinski definition) is 2. The molecule has 17 heavy (non-hydrogen) atoms. The van der Waals surface area contributed by atoms with Gasteiger partial charge in [0, 0.05) is 13.2 Å². The SMILES string of the molecule is CCCCCCCC(C)C1=C(CNCN)CC1. The first-order chi connectivity index (χ1) is 8.29. The van der Waals surface area contributed by atoms with E-state index in [0.29, 0.717) is 6.67 Å². The molecule has 3 N–H and O–H groups in total. The van der Waals surface area contributed by atoms with Crippen molar-refractivity contribution in [3.8, 4) is 0 Å². The Balaban J connectivity index is 2.16. The lowest BCUT2D eigenvalue weighted by Crippen LogP contribution is -2.28. The highest BCUT2D eigenvalue weighted by atomic mass is 14.9. The van der Waals surface area contributed by atoms with Crippen LogP contribution in [0.15, 0.2) is 11.1 Å². The van der Waals surface area contributed by atoms with Crippen LogP contribution in [0.2, 0.25) is 0 Å². The zero-order chi connectivity index (χ0) is 12.5. The summed E-state index contributed by atoms with van der Waals surface area (Å²) < 4.78 is 0. The molecule has 0 amide bonds. The van der Waals surface area contributed by atoms with Gasteiger partial charge in [0.15, 0.2) is 0 Å². The van der Waals surface area contributed by atoms with Crippen LogP contribution >= 0.6 is 0 Å². The summed E-state index contributed by atoms with van der Waals surface area (Å²) in [5.41, 5.74) is 8.83. The van der Waals surface area contributed by atoms with Crippen LogP contribution in [0.3, 0.4) is 0 Å². The van der Waals surface area contributed by atoms with Crippen molar-refractivity contribution in [2.45, 2.75) is 65.2 Å². The molecule has 2 heteroatoms. The van der Waals surface area contributed by atoms with Crippen molar-refractivity contribution in [3.05, 3.63) is 11.1 Å². The molecule has 1 unspecified atom stereocenters. The van der Waals surface area contributed by atoms with E-state index in [2.05, 4.69) is 19.2 Å². The smallest absolute Gasteiger partial charge is 0.0431 e. The molecule has 0 saturated carbocycles. The third kappa shape index (κ3) is 5.22. The Kier molecular flexibility index (Phi) is 7.54. The van der Waals surface area contributed by atoms with Crippen molar-refractivity contribution in [2.75, 3.05) is 13.2 Å². The summed E-state index contributed by atoms with van der Waals surface area (Å²) in [6, 6.07) is 0. The van der Waals surface area contributed by atoms with Gasteiger partial charge in [0.05, 0.1) is 0 Å². The lowest BCUT2D eigenvalue weighted by molar-refractivity contribution is 0.494. The number of hydrogen-bond donors (Lipinski definition) is 2. The molecule has 0 radical (unpaired) electrons. The van der Waals surface area contributed by atoms with Gasteiger partial charge in [-0.2, -0.15) is 0 Å². The number of rotatable bonds is 10. The van der Waals surface area contributed by atoms with Crippen LogP contribution in [0, 0.1) is 5.92 Å². The number of nitrogens with one attached hydrogen (secondary N) is 1. The number of unbranched alkanes of at least 4 members (excludes halogenated alkanes) is 4. The van der Waals surface area contributed by atoms with E-state index in [1.165, 1.54) is 51.4 Å². The van der Waals surface area contributed by atoms with E-state index < -0.39 is 0 Å². The van der Waals surface area contributed by atoms with E-state index in [1.807, 2.05) is 0 Å². The zero-order valence-corrected chi connectivity index (χ0v) is 11.7. The quantitative estimate of drug-likeness (QED) is 0.347. The molecule has 1 atom stereocenters. The molecule has 0 heterocycles. The van der Waals surface area contributed by atoms with Crippen molar-refractivity contribution in [1.82, 2.24) is 5.32 Å². The molecule has 1 aliphatic rings. The molecule has 1 rings (SSSR count). The fourth-order valence-corrected chi connectivity index (χ4v) is 2.69. The lowest BCUT2D eigenvalue weighted by Gasteiger charge is -2.29. The largest absolute Gasteiger partial charge is 0.318 e. The fraction of sp³-hybridized carbons (Fsp3) is 0.867. The highest BCUT2D eigenvalue weighted by Gasteiger charge is 2.21. The average Bonchev–Trinajstić information content (AvgIpc) is 2.28. The first-order valence-electron chi connectivity index (χ1n) is 7.41. The highest BCUT2D eigenvalue weighted by molar-refractivity contribution is 5.27. The van der Waals surface area contributed by atoms with Crippen LogP contribution in [0.4, 0.5) is 0 Å². The van der Waals surface area contributed by atoms with Crippen molar-refractivity contribution >= 4 is 0 Å². The highest BCUT2D eigenvalue weighted by Crippen LogP contribution is 2.35. The molecule has 0 aromatic heterocycles. The maximum absolute atomic E-state index is 5.47. The molecule has 0 aromatic rings. The molecule has 2 nitrogen and oxygen atoms in total. The summed E-state index contributed by atoms with van der Waals surface area (Å²) in [6.07, 6.45) is 11.0. The summed E-state index contributed by atoms with van der Waals surface area (Å²) in [6.45, 7) is 6.30. The molecule has 1 aliphatic carbocycles. The van der Waals surface area contributed by atoms with Crippen LogP contribution in [0.1, 0.15) is 65.2 Å². The van der Waals surface area contributed by atoms with Crippen molar-refractivity contribution in [2.24, 2.45) is 11.7 Å². The summed E-state index contributed by atoms with van der Waals surface area (Å²) in [7, 11) is 0. The van der Waals surface area contributed by atoms with E-state index in [0.717, 1.165) is 12.5 Å². The Bertz CT molecular complexity index is 233. The average molecular weight is 238 g/mol. The monoisotopic (exact) mass is 238 g/mol. The number of allylic oxidation sites excluding steroid dienone is 1. The minimum Gasteiger partial charge on any atom is -0.318 e. The van der Waals surface area contributed by atoms with Crippen LogP contribution < -0.4 is 11.1 Å². The van der Waals surface area contributed by atoms with Gasteiger partial charge < -0.3 is 11.1 Å². The minimum atomic E-state index is 0.599. The second-order valence-corrected chi connectivity index (χ2v) is 5.36. The van der Waals surface area contributed by atoms with Gasteiger partial charge in [0.25, 0.3) is 0 Å². The molecule has 0 aliphatic heterocycles. The Morgan fingerprint density at radius 3 is 2.53 bits per heavy atom. The first-order valence-corrected chi connectivity index (χ1v) is 7.41. The maximum Gasteiger partial charge on any atom is 0.0431 e. The minimum absolute atomic E-state index is 0.599. The van der Waals surface area contributed by atoms with Crippen LogP contribution in [0.5, 0.6) is 0 Å². The van der Waals surface area contributed by atoms with Gasteiger partial charge in [-0.05, 0) is 25.2 Å². The van der Waals surface area contributed by atoms with Crippen molar-refractivity contribution in [1.29, 1.82) is 0 Å².